The minimum atomic E-state index is -4.76. The van der Waals surface area contributed by atoms with Crippen molar-refractivity contribution in [1.82, 2.24) is 0 Å². The maximum atomic E-state index is 12.1. The molecule has 134 valence electrons. The smallest absolute Gasteiger partial charge is 0.481 e. The van der Waals surface area contributed by atoms with E-state index in [9.17, 15) is 18.0 Å². The van der Waals surface area contributed by atoms with E-state index in [0.717, 1.165) is 17.7 Å². The van der Waals surface area contributed by atoms with Gasteiger partial charge >= 0.3 is 6.36 Å². The molecular weight excluding hydrogens is 359 g/mol. The van der Waals surface area contributed by atoms with Crippen molar-refractivity contribution in [2.24, 2.45) is 0 Å². The molecule has 0 unspecified atom stereocenters. The Morgan fingerprint density at radius 2 is 1.72 bits per heavy atom. The molecule has 0 saturated carbocycles. The Hall–Kier alpha value is -2.41. The monoisotopic (exact) mass is 373 g/mol. The number of amides is 1. The van der Waals surface area contributed by atoms with E-state index in [1.807, 2.05) is 6.92 Å². The summed E-state index contributed by atoms with van der Waals surface area (Å²) in [5, 5.41) is 3.14. The van der Waals surface area contributed by atoms with Crippen molar-refractivity contribution in [1.29, 1.82) is 0 Å². The first-order valence-corrected chi connectivity index (χ1v) is 7.61. The van der Waals surface area contributed by atoms with Crippen molar-refractivity contribution in [2.75, 3.05) is 5.32 Å². The first-order chi connectivity index (χ1) is 11.6. The third-order valence-corrected chi connectivity index (χ3v) is 3.59. The Morgan fingerprint density at radius 1 is 1.12 bits per heavy atom. The Kier molecular flexibility index (Phi) is 5.79. The number of nitrogens with one attached hydrogen (secondary N) is 1. The maximum Gasteiger partial charge on any atom is 0.573 e. The molecule has 8 heteroatoms. The molecule has 0 aromatic heterocycles. The molecule has 0 spiro atoms. The molecule has 2 aromatic carbocycles. The average Bonchev–Trinajstić information content (AvgIpc) is 2.51. The van der Waals surface area contributed by atoms with Crippen LogP contribution in [0.5, 0.6) is 11.5 Å². The fourth-order valence-corrected chi connectivity index (χ4v) is 2.05. The number of benzene rings is 2. The Labute approximate surface area is 147 Å². The van der Waals surface area contributed by atoms with E-state index >= 15 is 0 Å². The molecule has 0 aliphatic carbocycles. The van der Waals surface area contributed by atoms with E-state index in [2.05, 4.69) is 10.1 Å². The van der Waals surface area contributed by atoms with Gasteiger partial charge in [-0.15, -0.1) is 13.2 Å². The van der Waals surface area contributed by atoms with Crippen molar-refractivity contribution in [2.45, 2.75) is 26.3 Å². The second kappa shape index (κ2) is 7.65. The van der Waals surface area contributed by atoms with Crippen LogP contribution in [0.4, 0.5) is 18.9 Å². The van der Waals surface area contributed by atoms with Crippen molar-refractivity contribution in [3.63, 3.8) is 0 Å². The average molecular weight is 374 g/mol. The van der Waals surface area contributed by atoms with E-state index in [-0.39, 0.29) is 5.75 Å². The molecule has 2 aromatic rings. The van der Waals surface area contributed by atoms with Crippen molar-refractivity contribution < 1.29 is 27.4 Å². The highest BCUT2D eigenvalue weighted by molar-refractivity contribution is 6.31. The maximum absolute atomic E-state index is 12.1. The van der Waals surface area contributed by atoms with Gasteiger partial charge < -0.3 is 14.8 Å². The van der Waals surface area contributed by atoms with Gasteiger partial charge in [-0.25, -0.2) is 0 Å². The molecule has 1 N–H and O–H groups in total. The molecule has 0 heterocycles. The van der Waals surface area contributed by atoms with E-state index in [4.69, 9.17) is 16.3 Å². The van der Waals surface area contributed by atoms with Crippen LogP contribution >= 0.6 is 11.6 Å². The highest BCUT2D eigenvalue weighted by atomic mass is 35.5. The molecule has 1 amide bonds. The third kappa shape index (κ3) is 5.86. The lowest BCUT2D eigenvalue weighted by Crippen LogP contribution is -2.30. The summed E-state index contributed by atoms with van der Waals surface area (Å²) in [6.45, 7) is 3.37. The van der Waals surface area contributed by atoms with Gasteiger partial charge in [0.2, 0.25) is 0 Å². The number of rotatable bonds is 5. The molecule has 25 heavy (non-hydrogen) atoms. The van der Waals surface area contributed by atoms with Crippen LogP contribution in [0.3, 0.4) is 0 Å². The van der Waals surface area contributed by atoms with E-state index in [1.54, 1.807) is 25.1 Å². The zero-order valence-electron chi connectivity index (χ0n) is 13.4. The molecular formula is C17H15ClF3NO3. The van der Waals surface area contributed by atoms with Crippen LogP contribution in [0.2, 0.25) is 5.02 Å². The Bertz CT molecular complexity index is 748. The number of hydrogen-bond donors (Lipinski definition) is 1. The van der Waals surface area contributed by atoms with Crippen molar-refractivity contribution >= 4 is 23.2 Å². The van der Waals surface area contributed by atoms with Crippen LogP contribution in [-0.4, -0.2) is 18.4 Å². The van der Waals surface area contributed by atoms with Crippen LogP contribution in [-0.2, 0) is 4.79 Å². The van der Waals surface area contributed by atoms with E-state index in [1.165, 1.54) is 12.1 Å². The summed E-state index contributed by atoms with van der Waals surface area (Å²) in [6.07, 6.45) is -5.57. The largest absolute Gasteiger partial charge is 0.573 e. The second-order valence-electron chi connectivity index (χ2n) is 5.23. The minimum Gasteiger partial charge on any atom is -0.481 e. The lowest BCUT2D eigenvalue weighted by atomic mass is 10.2. The molecule has 0 saturated heterocycles. The molecule has 0 aliphatic rings. The summed E-state index contributed by atoms with van der Waals surface area (Å²) in [6, 6.07) is 9.83. The number of halogens is 4. The first-order valence-electron chi connectivity index (χ1n) is 7.23. The highest BCUT2D eigenvalue weighted by Crippen LogP contribution is 2.24. The number of ether oxygens (including phenoxy) is 2. The summed E-state index contributed by atoms with van der Waals surface area (Å²) >= 11 is 5.92. The Morgan fingerprint density at radius 3 is 2.28 bits per heavy atom. The minimum absolute atomic E-state index is 0.322. The zero-order valence-corrected chi connectivity index (χ0v) is 14.1. The number of hydrogen-bond acceptors (Lipinski definition) is 3. The summed E-state index contributed by atoms with van der Waals surface area (Å²) in [5.41, 5.74) is 1.13. The van der Waals surface area contributed by atoms with Crippen molar-refractivity contribution in [3.8, 4) is 11.5 Å². The number of carbonyl (C=O) groups excluding carboxylic acids is 1. The number of carbonyl (C=O) groups is 1. The fourth-order valence-electron chi connectivity index (χ4n) is 1.93. The normalized spacial score (nSPS) is 12.4. The molecule has 1 atom stereocenters. The van der Waals surface area contributed by atoms with Gasteiger partial charge in [-0.2, -0.15) is 0 Å². The molecule has 2 rings (SSSR count). The molecule has 0 aliphatic heterocycles. The predicted octanol–water partition coefficient (Wildman–Crippen LogP) is 4.95. The summed E-state index contributed by atoms with van der Waals surface area (Å²) in [7, 11) is 0. The van der Waals surface area contributed by atoms with Gasteiger partial charge in [-0.1, -0.05) is 11.6 Å². The molecule has 0 radical (unpaired) electrons. The van der Waals surface area contributed by atoms with Gasteiger partial charge in [-0.05, 0) is 61.9 Å². The van der Waals surface area contributed by atoms with Crippen LogP contribution in [0.1, 0.15) is 12.5 Å². The quantitative estimate of drug-likeness (QED) is 0.806. The molecule has 0 fully saturated rings. The topological polar surface area (TPSA) is 47.6 Å². The number of anilines is 1. The predicted molar refractivity (Wildman–Crippen MR) is 88.0 cm³/mol. The fraction of sp³-hybridized carbons (Fsp3) is 0.235. The molecule has 4 nitrogen and oxygen atoms in total. The number of aryl methyl sites for hydroxylation is 1. The standard InChI is InChI=1S/C17H15ClF3NO3/c1-10-9-14(7-8-15(10)18)24-11(2)16(23)22-12-3-5-13(6-4-12)25-17(19,20)21/h3-9,11H,1-2H3,(H,22,23)/t11-/m0/s1. The zero-order chi connectivity index (χ0) is 18.6. The van der Waals surface area contributed by atoms with Gasteiger partial charge in [0.05, 0.1) is 0 Å². The van der Waals surface area contributed by atoms with Gasteiger partial charge in [0.15, 0.2) is 6.10 Å². The van der Waals surface area contributed by atoms with Gasteiger partial charge in [-0.3, -0.25) is 4.79 Å². The Balaban J connectivity index is 1.95. The van der Waals surface area contributed by atoms with Crippen LogP contribution in [0, 0.1) is 6.92 Å². The molecule has 0 bridgehead atoms. The summed E-state index contributed by atoms with van der Waals surface area (Å²) in [5.74, 6) is -0.331. The SMILES string of the molecule is Cc1cc(O[C@@H](C)C(=O)Nc2ccc(OC(F)(F)F)cc2)ccc1Cl. The van der Waals surface area contributed by atoms with Gasteiger partial charge in [0, 0.05) is 10.7 Å². The second-order valence-corrected chi connectivity index (χ2v) is 5.64. The highest BCUT2D eigenvalue weighted by Gasteiger charge is 2.31. The lowest BCUT2D eigenvalue weighted by Gasteiger charge is -2.15. The van der Waals surface area contributed by atoms with Crippen LogP contribution in [0.15, 0.2) is 42.5 Å². The first kappa shape index (κ1) is 18.9. The van der Waals surface area contributed by atoms with E-state index in [0.29, 0.717) is 16.5 Å². The van der Waals surface area contributed by atoms with Gasteiger partial charge in [0.25, 0.3) is 5.91 Å². The lowest BCUT2D eigenvalue weighted by molar-refractivity contribution is -0.274. The summed E-state index contributed by atoms with van der Waals surface area (Å²) in [4.78, 5) is 12.1. The van der Waals surface area contributed by atoms with Gasteiger partial charge in [0.1, 0.15) is 11.5 Å². The van der Waals surface area contributed by atoms with Crippen LogP contribution < -0.4 is 14.8 Å². The third-order valence-electron chi connectivity index (χ3n) is 3.17. The van der Waals surface area contributed by atoms with Crippen molar-refractivity contribution in [3.05, 3.63) is 53.1 Å². The summed E-state index contributed by atoms with van der Waals surface area (Å²) < 4.78 is 45.6. The van der Waals surface area contributed by atoms with Crippen LogP contribution in [0.25, 0.3) is 0 Å². The van der Waals surface area contributed by atoms with E-state index < -0.39 is 18.4 Å². The number of alkyl halides is 3.